The van der Waals surface area contributed by atoms with Gasteiger partial charge in [-0.25, -0.2) is 8.42 Å². The van der Waals surface area contributed by atoms with Crippen molar-refractivity contribution in [3.8, 4) is 0 Å². The van der Waals surface area contributed by atoms with E-state index in [0.29, 0.717) is 5.56 Å². The number of aliphatic carboxylic acids is 1. The molecule has 0 unspecified atom stereocenters. The summed E-state index contributed by atoms with van der Waals surface area (Å²) in [5.41, 5.74) is 0.711. The molecule has 1 aromatic carbocycles. The predicted molar refractivity (Wildman–Crippen MR) is 89.2 cm³/mol. The second-order valence-electron chi connectivity index (χ2n) is 6.00. The van der Waals surface area contributed by atoms with Crippen molar-refractivity contribution in [2.24, 2.45) is 5.92 Å². The maximum absolute atomic E-state index is 12.6. The average molecular weight is 357 g/mol. The van der Waals surface area contributed by atoms with Gasteiger partial charge in [-0.15, -0.1) is 0 Å². The van der Waals surface area contributed by atoms with Gasteiger partial charge in [0.1, 0.15) is 4.75 Å². The first-order valence-electron chi connectivity index (χ1n) is 7.50. The summed E-state index contributed by atoms with van der Waals surface area (Å²) in [7, 11) is -4.03. The highest BCUT2D eigenvalue weighted by Gasteiger charge is 2.43. The number of carboxylic acid groups (broad SMARTS) is 1. The van der Waals surface area contributed by atoms with Crippen LogP contribution in [0.2, 0.25) is 0 Å². The Hall–Kier alpha value is -1.93. The maximum atomic E-state index is 12.6. The Bertz CT molecular complexity index is 669. The molecule has 0 saturated carbocycles. The van der Waals surface area contributed by atoms with Crippen molar-refractivity contribution in [3.63, 3.8) is 0 Å². The van der Waals surface area contributed by atoms with Gasteiger partial charge in [0.2, 0.25) is 5.91 Å². The molecule has 0 spiro atoms. The summed E-state index contributed by atoms with van der Waals surface area (Å²) in [5.74, 6) is -3.78. The van der Waals surface area contributed by atoms with E-state index in [1.54, 1.807) is 30.3 Å². The van der Waals surface area contributed by atoms with E-state index >= 15 is 0 Å². The zero-order valence-electron chi connectivity index (χ0n) is 13.7. The lowest BCUT2D eigenvalue weighted by molar-refractivity contribution is -0.141. The monoisotopic (exact) mass is 357 g/mol. The van der Waals surface area contributed by atoms with Crippen LogP contribution in [0.4, 0.5) is 0 Å². The molecule has 7 nitrogen and oxygen atoms in total. The molecule has 0 aromatic heterocycles. The molecule has 134 valence electrons. The summed E-state index contributed by atoms with van der Waals surface area (Å²) in [6.45, 7) is 2.09. The quantitative estimate of drug-likeness (QED) is 0.582. The normalized spacial score (nSPS) is 13.3. The van der Waals surface area contributed by atoms with Crippen LogP contribution < -0.4 is 5.32 Å². The predicted octanol–water partition coefficient (Wildman–Crippen LogP) is 0.232. The molecule has 0 saturated heterocycles. The summed E-state index contributed by atoms with van der Waals surface area (Å²) in [6, 6.07) is 8.72. The first-order valence-corrected chi connectivity index (χ1v) is 9.15. The summed E-state index contributed by atoms with van der Waals surface area (Å²) in [5, 5.41) is 20.4. The van der Waals surface area contributed by atoms with Crippen LogP contribution in [-0.4, -0.2) is 54.2 Å². The van der Waals surface area contributed by atoms with Crippen LogP contribution >= 0.6 is 0 Å². The average Bonchev–Trinajstić information content (AvgIpc) is 2.52. The molecule has 0 fully saturated rings. The summed E-state index contributed by atoms with van der Waals surface area (Å²) >= 11 is 0. The van der Waals surface area contributed by atoms with Gasteiger partial charge < -0.3 is 15.5 Å². The highest BCUT2D eigenvalue weighted by Crippen LogP contribution is 2.22. The Balaban J connectivity index is 2.95. The van der Waals surface area contributed by atoms with Gasteiger partial charge in [-0.2, -0.15) is 0 Å². The number of aliphatic hydroxyl groups is 1. The number of sulfone groups is 1. The highest BCUT2D eigenvalue weighted by molar-refractivity contribution is 7.93. The van der Waals surface area contributed by atoms with Gasteiger partial charge in [0.25, 0.3) is 0 Å². The number of carbonyl (C=O) groups excluding carboxylic acids is 1. The van der Waals surface area contributed by atoms with Gasteiger partial charge in [-0.1, -0.05) is 30.3 Å². The van der Waals surface area contributed by atoms with Crippen molar-refractivity contribution in [1.29, 1.82) is 0 Å². The first kappa shape index (κ1) is 20.1. The summed E-state index contributed by atoms with van der Waals surface area (Å²) < 4.78 is 23.4. The van der Waals surface area contributed by atoms with E-state index < -0.39 is 38.1 Å². The van der Waals surface area contributed by atoms with E-state index in [4.69, 9.17) is 5.11 Å². The Kier molecular flexibility index (Phi) is 6.92. The third-order valence-corrected chi connectivity index (χ3v) is 6.40. The lowest BCUT2D eigenvalue weighted by atomic mass is 10.0. The first-order chi connectivity index (χ1) is 11.1. The van der Waals surface area contributed by atoms with Gasteiger partial charge >= 0.3 is 5.97 Å². The lowest BCUT2D eigenvalue weighted by Gasteiger charge is -2.25. The van der Waals surface area contributed by atoms with Crippen LogP contribution in [0.5, 0.6) is 0 Å². The van der Waals surface area contributed by atoms with Crippen molar-refractivity contribution in [1.82, 2.24) is 5.32 Å². The van der Waals surface area contributed by atoms with E-state index in [1.807, 2.05) is 0 Å². The SMILES string of the molecule is CC(C)(C(=O)NCCO)S(=O)(=O)C[C@@H](Cc1ccccc1)C(=O)O. The van der Waals surface area contributed by atoms with Crippen molar-refractivity contribution in [2.45, 2.75) is 25.0 Å². The van der Waals surface area contributed by atoms with Gasteiger partial charge in [0, 0.05) is 6.54 Å². The zero-order valence-corrected chi connectivity index (χ0v) is 14.5. The topological polar surface area (TPSA) is 121 Å². The van der Waals surface area contributed by atoms with Gasteiger partial charge in [0.05, 0.1) is 18.3 Å². The van der Waals surface area contributed by atoms with E-state index in [1.165, 1.54) is 13.8 Å². The molecular formula is C16H23NO6S. The molecule has 0 aliphatic heterocycles. The lowest BCUT2D eigenvalue weighted by Crippen LogP contribution is -2.50. The molecule has 1 rings (SSSR count). The van der Waals surface area contributed by atoms with E-state index in [9.17, 15) is 23.1 Å². The van der Waals surface area contributed by atoms with Crippen molar-refractivity contribution < 1.29 is 28.2 Å². The maximum Gasteiger partial charge on any atom is 0.307 e. The number of aliphatic hydroxyl groups excluding tert-OH is 1. The number of benzene rings is 1. The minimum Gasteiger partial charge on any atom is -0.481 e. The van der Waals surface area contributed by atoms with Crippen LogP contribution in [0.1, 0.15) is 19.4 Å². The number of hydrogen-bond donors (Lipinski definition) is 3. The van der Waals surface area contributed by atoms with Crippen LogP contribution in [0.3, 0.4) is 0 Å². The van der Waals surface area contributed by atoms with Crippen molar-refractivity contribution in [2.75, 3.05) is 18.9 Å². The van der Waals surface area contributed by atoms with Crippen LogP contribution in [0.25, 0.3) is 0 Å². The molecule has 0 bridgehead atoms. The van der Waals surface area contributed by atoms with Gasteiger partial charge in [-0.3, -0.25) is 9.59 Å². The molecule has 0 aliphatic rings. The van der Waals surface area contributed by atoms with Crippen molar-refractivity contribution >= 4 is 21.7 Å². The second-order valence-corrected chi connectivity index (χ2v) is 8.58. The molecule has 0 heterocycles. The molecule has 3 N–H and O–H groups in total. The van der Waals surface area contributed by atoms with Crippen LogP contribution in [0, 0.1) is 5.92 Å². The smallest absolute Gasteiger partial charge is 0.307 e. The Labute approximate surface area is 141 Å². The molecule has 0 radical (unpaired) electrons. The molecule has 1 aromatic rings. The van der Waals surface area contributed by atoms with E-state index in [2.05, 4.69) is 5.32 Å². The largest absolute Gasteiger partial charge is 0.481 e. The Morgan fingerprint density at radius 3 is 2.29 bits per heavy atom. The summed E-state index contributed by atoms with van der Waals surface area (Å²) in [4.78, 5) is 23.5. The zero-order chi connectivity index (χ0) is 18.4. The minimum atomic E-state index is -4.03. The number of carboxylic acids is 1. The number of carbonyl (C=O) groups is 2. The highest BCUT2D eigenvalue weighted by atomic mass is 32.2. The standard InChI is InChI=1S/C16H23NO6S/c1-16(2,15(21)17-8-9-18)24(22,23)11-13(14(19)20)10-12-6-4-3-5-7-12/h3-7,13,18H,8-11H2,1-2H3,(H,17,21)(H,19,20)/t13-/m1/s1. The Morgan fingerprint density at radius 2 is 1.79 bits per heavy atom. The fourth-order valence-electron chi connectivity index (χ4n) is 2.11. The van der Waals surface area contributed by atoms with E-state index in [0.717, 1.165) is 0 Å². The summed E-state index contributed by atoms with van der Waals surface area (Å²) in [6.07, 6.45) is 0.0593. The molecule has 0 aliphatic carbocycles. The third kappa shape index (κ3) is 5.04. The fraction of sp³-hybridized carbons (Fsp3) is 0.500. The number of rotatable bonds is 9. The van der Waals surface area contributed by atoms with Crippen LogP contribution in [0.15, 0.2) is 30.3 Å². The number of nitrogens with one attached hydrogen (secondary N) is 1. The molecule has 8 heteroatoms. The fourth-order valence-corrected chi connectivity index (χ4v) is 3.67. The molecule has 1 atom stereocenters. The number of amides is 1. The molecule has 24 heavy (non-hydrogen) atoms. The minimum absolute atomic E-state index is 0.0593. The van der Waals surface area contributed by atoms with E-state index in [-0.39, 0.29) is 19.6 Å². The Morgan fingerprint density at radius 1 is 1.21 bits per heavy atom. The number of hydrogen-bond acceptors (Lipinski definition) is 5. The van der Waals surface area contributed by atoms with Crippen LogP contribution in [-0.2, 0) is 25.8 Å². The van der Waals surface area contributed by atoms with Gasteiger partial charge in [-0.05, 0) is 25.8 Å². The second kappa shape index (κ2) is 8.25. The van der Waals surface area contributed by atoms with Crippen molar-refractivity contribution in [3.05, 3.63) is 35.9 Å². The third-order valence-electron chi connectivity index (χ3n) is 3.82. The molecular weight excluding hydrogens is 334 g/mol. The van der Waals surface area contributed by atoms with Gasteiger partial charge in [0.15, 0.2) is 9.84 Å². The molecule has 1 amide bonds.